The standard InChI is InChI=1S/C11H12N4O2/c1-6-7(12)3-2-4-8(6)17-11-9(13)10(16)14-5-15-11/h2-5H,12-13H2,1H3,(H,14,15,16). The van der Waals surface area contributed by atoms with Gasteiger partial charge in [0.05, 0.1) is 6.33 Å². The molecule has 88 valence electrons. The van der Waals surface area contributed by atoms with Crippen molar-refractivity contribution >= 4 is 11.4 Å². The quantitative estimate of drug-likeness (QED) is 0.670. The number of nitrogens with one attached hydrogen (secondary N) is 1. The molecule has 0 radical (unpaired) electrons. The number of aromatic nitrogens is 2. The van der Waals surface area contributed by atoms with E-state index in [0.29, 0.717) is 11.4 Å². The highest BCUT2D eigenvalue weighted by Crippen LogP contribution is 2.28. The third-order valence-corrected chi connectivity index (χ3v) is 2.39. The number of ether oxygens (including phenoxy) is 1. The fourth-order valence-corrected chi connectivity index (χ4v) is 1.32. The van der Waals surface area contributed by atoms with E-state index in [0.717, 1.165) is 5.56 Å². The summed E-state index contributed by atoms with van der Waals surface area (Å²) in [6.07, 6.45) is 1.23. The predicted octanol–water partition coefficient (Wildman–Crippen LogP) is 1.04. The second-order valence-electron chi connectivity index (χ2n) is 3.52. The van der Waals surface area contributed by atoms with Crippen molar-refractivity contribution in [3.05, 3.63) is 40.4 Å². The predicted molar refractivity (Wildman–Crippen MR) is 64.9 cm³/mol. The van der Waals surface area contributed by atoms with Crippen LogP contribution in [0.25, 0.3) is 0 Å². The van der Waals surface area contributed by atoms with Crippen LogP contribution in [0.1, 0.15) is 5.56 Å². The first-order valence-electron chi connectivity index (χ1n) is 4.95. The van der Waals surface area contributed by atoms with Crippen molar-refractivity contribution in [2.45, 2.75) is 6.92 Å². The van der Waals surface area contributed by atoms with E-state index in [-0.39, 0.29) is 11.6 Å². The number of nitrogens with two attached hydrogens (primary N) is 2. The van der Waals surface area contributed by atoms with Crippen LogP contribution in [-0.4, -0.2) is 9.97 Å². The van der Waals surface area contributed by atoms with Crippen LogP contribution in [0, 0.1) is 6.92 Å². The minimum absolute atomic E-state index is 0.0608. The lowest BCUT2D eigenvalue weighted by Gasteiger charge is -2.10. The van der Waals surface area contributed by atoms with Gasteiger partial charge in [-0.05, 0) is 19.1 Å². The van der Waals surface area contributed by atoms with E-state index < -0.39 is 5.56 Å². The average Bonchev–Trinajstić information content (AvgIpc) is 2.31. The monoisotopic (exact) mass is 232 g/mol. The molecule has 0 aliphatic heterocycles. The number of rotatable bonds is 2. The van der Waals surface area contributed by atoms with Crippen LogP contribution >= 0.6 is 0 Å². The van der Waals surface area contributed by atoms with Gasteiger partial charge in [-0.2, -0.15) is 0 Å². The lowest BCUT2D eigenvalue weighted by molar-refractivity contribution is 0.460. The highest BCUT2D eigenvalue weighted by Gasteiger charge is 2.09. The molecular weight excluding hydrogens is 220 g/mol. The van der Waals surface area contributed by atoms with Crippen LogP contribution in [0.4, 0.5) is 11.4 Å². The summed E-state index contributed by atoms with van der Waals surface area (Å²) in [6.45, 7) is 1.81. The Labute approximate surface area is 97.2 Å². The second-order valence-corrected chi connectivity index (χ2v) is 3.52. The summed E-state index contributed by atoms with van der Waals surface area (Å²) in [6, 6.07) is 5.24. The average molecular weight is 232 g/mol. The molecule has 0 bridgehead atoms. The van der Waals surface area contributed by atoms with E-state index in [2.05, 4.69) is 9.97 Å². The molecule has 2 rings (SSSR count). The van der Waals surface area contributed by atoms with Gasteiger partial charge in [-0.25, -0.2) is 4.98 Å². The lowest BCUT2D eigenvalue weighted by Crippen LogP contribution is -2.13. The second kappa shape index (κ2) is 4.17. The zero-order valence-electron chi connectivity index (χ0n) is 9.23. The summed E-state index contributed by atoms with van der Waals surface area (Å²) in [5, 5.41) is 0. The number of hydrogen-bond acceptors (Lipinski definition) is 5. The summed E-state index contributed by atoms with van der Waals surface area (Å²) >= 11 is 0. The van der Waals surface area contributed by atoms with Gasteiger partial charge in [0, 0.05) is 11.3 Å². The Hall–Kier alpha value is -2.50. The molecule has 1 aromatic heterocycles. The van der Waals surface area contributed by atoms with Gasteiger partial charge in [-0.3, -0.25) is 4.79 Å². The summed E-state index contributed by atoms with van der Waals surface area (Å²) in [4.78, 5) is 17.5. The van der Waals surface area contributed by atoms with E-state index in [9.17, 15) is 4.79 Å². The van der Waals surface area contributed by atoms with Crippen LogP contribution in [0.5, 0.6) is 11.6 Å². The smallest absolute Gasteiger partial charge is 0.277 e. The maximum atomic E-state index is 11.3. The molecule has 0 amide bonds. The molecule has 0 unspecified atom stereocenters. The third-order valence-electron chi connectivity index (χ3n) is 2.39. The Bertz CT molecular complexity index is 607. The molecule has 1 aromatic carbocycles. The molecule has 0 aliphatic rings. The highest BCUT2D eigenvalue weighted by molar-refractivity contribution is 5.55. The van der Waals surface area contributed by atoms with Crippen molar-refractivity contribution in [1.29, 1.82) is 0 Å². The van der Waals surface area contributed by atoms with Crippen LogP contribution in [0.2, 0.25) is 0 Å². The third kappa shape index (κ3) is 2.05. The maximum absolute atomic E-state index is 11.3. The summed E-state index contributed by atoms with van der Waals surface area (Å²) in [5.41, 5.74) is 12.2. The molecule has 2 aromatic rings. The number of hydrogen-bond donors (Lipinski definition) is 3. The van der Waals surface area contributed by atoms with Crippen LogP contribution in [0.15, 0.2) is 29.3 Å². The Kier molecular flexibility index (Phi) is 2.70. The van der Waals surface area contributed by atoms with E-state index in [1.165, 1.54) is 6.33 Å². The molecule has 5 N–H and O–H groups in total. The minimum atomic E-state index is -0.434. The largest absolute Gasteiger partial charge is 0.437 e. The first-order valence-corrected chi connectivity index (χ1v) is 4.95. The normalized spacial score (nSPS) is 10.2. The molecule has 17 heavy (non-hydrogen) atoms. The van der Waals surface area contributed by atoms with Gasteiger partial charge in [0.25, 0.3) is 5.56 Å². The van der Waals surface area contributed by atoms with Crippen molar-refractivity contribution in [1.82, 2.24) is 9.97 Å². The highest BCUT2D eigenvalue weighted by atomic mass is 16.5. The Morgan fingerprint density at radius 1 is 1.35 bits per heavy atom. The van der Waals surface area contributed by atoms with Gasteiger partial charge in [-0.15, -0.1) is 0 Å². The molecule has 0 spiro atoms. The molecule has 0 aliphatic carbocycles. The number of nitrogen functional groups attached to an aromatic ring is 2. The van der Waals surface area contributed by atoms with E-state index >= 15 is 0 Å². The summed E-state index contributed by atoms with van der Waals surface area (Å²) in [5.74, 6) is 0.595. The van der Waals surface area contributed by atoms with E-state index in [1.54, 1.807) is 18.2 Å². The summed E-state index contributed by atoms with van der Waals surface area (Å²) < 4.78 is 5.47. The number of anilines is 2. The Balaban J connectivity index is 2.42. The van der Waals surface area contributed by atoms with E-state index in [1.807, 2.05) is 6.92 Å². The minimum Gasteiger partial charge on any atom is -0.437 e. The van der Waals surface area contributed by atoms with Gasteiger partial charge >= 0.3 is 0 Å². The number of H-pyrrole nitrogens is 1. The van der Waals surface area contributed by atoms with Crippen LogP contribution in [-0.2, 0) is 0 Å². The molecule has 0 saturated carbocycles. The zero-order valence-corrected chi connectivity index (χ0v) is 9.23. The summed E-state index contributed by atoms with van der Waals surface area (Å²) in [7, 11) is 0. The lowest BCUT2D eigenvalue weighted by atomic mass is 10.2. The fraction of sp³-hybridized carbons (Fsp3) is 0.0909. The molecule has 1 heterocycles. The SMILES string of the molecule is Cc1c(N)cccc1Oc1nc[nH]c(=O)c1N. The molecule has 0 fully saturated rings. The first kappa shape index (κ1) is 11.0. The van der Waals surface area contributed by atoms with Crippen molar-refractivity contribution < 1.29 is 4.74 Å². The molecule has 6 nitrogen and oxygen atoms in total. The van der Waals surface area contributed by atoms with Gasteiger partial charge < -0.3 is 21.2 Å². The number of benzene rings is 1. The van der Waals surface area contributed by atoms with Crippen molar-refractivity contribution in [3.8, 4) is 11.6 Å². The molecular formula is C11H12N4O2. The van der Waals surface area contributed by atoms with Crippen LogP contribution in [0.3, 0.4) is 0 Å². The molecule has 0 saturated heterocycles. The molecule has 0 atom stereocenters. The Morgan fingerprint density at radius 3 is 2.88 bits per heavy atom. The maximum Gasteiger partial charge on any atom is 0.277 e. The van der Waals surface area contributed by atoms with Gasteiger partial charge in [0.1, 0.15) is 5.75 Å². The topological polar surface area (TPSA) is 107 Å². The van der Waals surface area contributed by atoms with Crippen molar-refractivity contribution in [3.63, 3.8) is 0 Å². The van der Waals surface area contributed by atoms with Gasteiger partial charge in [0.15, 0.2) is 5.69 Å². The van der Waals surface area contributed by atoms with Crippen molar-refractivity contribution in [2.24, 2.45) is 0 Å². The first-order chi connectivity index (χ1) is 8.09. The Morgan fingerprint density at radius 2 is 2.12 bits per heavy atom. The van der Waals surface area contributed by atoms with Gasteiger partial charge in [0.2, 0.25) is 5.88 Å². The number of aromatic amines is 1. The van der Waals surface area contributed by atoms with Crippen LogP contribution < -0.4 is 21.8 Å². The zero-order chi connectivity index (χ0) is 12.4. The van der Waals surface area contributed by atoms with Gasteiger partial charge in [-0.1, -0.05) is 6.07 Å². The van der Waals surface area contributed by atoms with E-state index in [4.69, 9.17) is 16.2 Å². The number of nitrogens with zero attached hydrogens (tertiary/aromatic N) is 1. The van der Waals surface area contributed by atoms with Crippen molar-refractivity contribution in [2.75, 3.05) is 11.5 Å². The molecule has 6 heteroatoms. The fourth-order valence-electron chi connectivity index (χ4n) is 1.32.